The minimum absolute atomic E-state index is 0.118. The summed E-state index contributed by atoms with van der Waals surface area (Å²) in [6, 6.07) is 4.77. The highest BCUT2D eigenvalue weighted by Gasteiger charge is 2.09. The van der Waals surface area contributed by atoms with Crippen molar-refractivity contribution in [1.29, 1.82) is 0 Å². The standard InChI is InChI=1S/C10H10N2O2/c1-2-8(7-10(13)14)12-9-5-3-4-6-11-9/h1,3-6,8H,7H2,(H,11,12)(H,13,14)/t8-/m1/s1. The van der Waals surface area contributed by atoms with E-state index < -0.39 is 12.0 Å². The molecule has 0 radical (unpaired) electrons. The number of carboxylic acids is 1. The molecule has 4 heteroatoms. The second kappa shape index (κ2) is 4.87. The molecule has 1 atom stereocenters. The summed E-state index contributed by atoms with van der Waals surface area (Å²) in [7, 11) is 0. The van der Waals surface area contributed by atoms with Crippen LogP contribution in [0.5, 0.6) is 0 Å². The van der Waals surface area contributed by atoms with Gasteiger partial charge in [-0.3, -0.25) is 4.79 Å². The van der Waals surface area contributed by atoms with Crippen LogP contribution in [0.1, 0.15) is 6.42 Å². The summed E-state index contributed by atoms with van der Waals surface area (Å²) in [5.74, 6) is 2.00. The highest BCUT2D eigenvalue weighted by atomic mass is 16.4. The van der Waals surface area contributed by atoms with Crippen LogP contribution in [0.15, 0.2) is 24.4 Å². The maximum absolute atomic E-state index is 10.4. The van der Waals surface area contributed by atoms with Crippen molar-refractivity contribution >= 4 is 11.8 Å². The summed E-state index contributed by atoms with van der Waals surface area (Å²) in [4.78, 5) is 14.4. The van der Waals surface area contributed by atoms with E-state index in [1.54, 1.807) is 24.4 Å². The molecule has 0 aliphatic rings. The lowest BCUT2D eigenvalue weighted by molar-refractivity contribution is -0.137. The van der Waals surface area contributed by atoms with E-state index in [4.69, 9.17) is 11.5 Å². The molecule has 4 nitrogen and oxygen atoms in total. The van der Waals surface area contributed by atoms with Gasteiger partial charge in [0.15, 0.2) is 0 Å². The molecule has 0 aliphatic carbocycles. The zero-order chi connectivity index (χ0) is 10.4. The second-order valence-corrected chi connectivity index (χ2v) is 2.68. The Balaban J connectivity index is 2.58. The molecule has 1 aromatic rings. The fourth-order valence-electron chi connectivity index (χ4n) is 0.953. The first kappa shape index (κ1) is 10.1. The van der Waals surface area contributed by atoms with Crippen molar-refractivity contribution in [3.05, 3.63) is 24.4 Å². The van der Waals surface area contributed by atoms with E-state index in [9.17, 15) is 4.79 Å². The minimum atomic E-state index is -0.934. The highest BCUT2D eigenvalue weighted by molar-refractivity contribution is 5.69. The van der Waals surface area contributed by atoms with E-state index in [1.165, 1.54) is 0 Å². The highest BCUT2D eigenvalue weighted by Crippen LogP contribution is 2.04. The Hall–Kier alpha value is -2.02. The van der Waals surface area contributed by atoms with Crippen LogP contribution >= 0.6 is 0 Å². The van der Waals surface area contributed by atoms with Crippen LogP contribution in [0, 0.1) is 12.3 Å². The molecule has 0 saturated heterocycles. The van der Waals surface area contributed by atoms with Crippen LogP contribution < -0.4 is 5.32 Å². The summed E-state index contributed by atoms with van der Waals surface area (Å²) < 4.78 is 0. The molecule has 2 N–H and O–H groups in total. The fraction of sp³-hybridized carbons (Fsp3) is 0.200. The average Bonchev–Trinajstić information content (AvgIpc) is 2.17. The molecule has 72 valence electrons. The van der Waals surface area contributed by atoms with Crippen molar-refractivity contribution in [3.8, 4) is 12.3 Å². The van der Waals surface area contributed by atoms with Crippen molar-refractivity contribution in [2.75, 3.05) is 5.32 Å². The molecule has 0 unspecified atom stereocenters. The molecule has 14 heavy (non-hydrogen) atoms. The van der Waals surface area contributed by atoms with E-state index in [0.29, 0.717) is 5.82 Å². The van der Waals surface area contributed by atoms with E-state index in [1.807, 2.05) is 0 Å². The summed E-state index contributed by atoms with van der Waals surface area (Å²) in [5.41, 5.74) is 0. The quantitative estimate of drug-likeness (QED) is 0.694. The van der Waals surface area contributed by atoms with E-state index in [2.05, 4.69) is 16.2 Å². The Morgan fingerprint density at radius 3 is 3.00 bits per heavy atom. The molecule has 0 bridgehead atoms. The van der Waals surface area contributed by atoms with Crippen molar-refractivity contribution < 1.29 is 9.90 Å². The normalized spacial score (nSPS) is 11.4. The molecular weight excluding hydrogens is 180 g/mol. The van der Waals surface area contributed by atoms with Gasteiger partial charge in [-0.2, -0.15) is 0 Å². The minimum Gasteiger partial charge on any atom is -0.481 e. The second-order valence-electron chi connectivity index (χ2n) is 2.68. The van der Waals surface area contributed by atoms with Crippen LogP contribution in [0.2, 0.25) is 0 Å². The monoisotopic (exact) mass is 190 g/mol. The van der Waals surface area contributed by atoms with Gasteiger partial charge in [0.1, 0.15) is 5.82 Å². The smallest absolute Gasteiger partial charge is 0.306 e. The van der Waals surface area contributed by atoms with Crippen LogP contribution in [0.25, 0.3) is 0 Å². The number of terminal acetylenes is 1. The maximum atomic E-state index is 10.4. The number of rotatable bonds is 4. The molecule has 0 aromatic carbocycles. The summed E-state index contributed by atoms with van der Waals surface area (Å²) in [6.45, 7) is 0. The van der Waals surface area contributed by atoms with Crippen molar-refractivity contribution in [3.63, 3.8) is 0 Å². The van der Waals surface area contributed by atoms with Crippen LogP contribution in [0.4, 0.5) is 5.82 Å². The van der Waals surface area contributed by atoms with Gasteiger partial charge in [0.25, 0.3) is 0 Å². The third-order valence-corrected chi connectivity index (χ3v) is 1.57. The predicted octanol–water partition coefficient (Wildman–Crippen LogP) is 0.970. The van der Waals surface area contributed by atoms with Gasteiger partial charge in [0.05, 0.1) is 12.5 Å². The largest absolute Gasteiger partial charge is 0.481 e. The molecule has 1 heterocycles. The van der Waals surface area contributed by atoms with Gasteiger partial charge in [0, 0.05) is 6.20 Å². The Bertz CT molecular complexity index is 343. The zero-order valence-corrected chi connectivity index (χ0v) is 7.47. The number of carbonyl (C=O) groups is 1. The number of aliphatic carboxylic acids is 1. The summed E-state index contributed by atoms with van der Waals surface area (Å²) in [5, 5.41) is 11.4. The molecule has 0 spiro atoms. The lowest BCUT2D eigenvalue weighted by Gasteiger charge is -2.10. The Kier molecular flexibility index (Phi) is 3.50. The lowest BCUT2D eigenvalue weighted by atomic mass is 10.2. The predicted molar refractivity (Wildman–Crippen MR) is 52.7 cm³/mol. The number of nitrogens with one attached hydrogen (secondary N) is 1. The topological polar surface area (TPSA) is 62.2 Å². The van der Waals surface area contributed by atoms with Crippen LogP contribution in [0.3, 0.4) is 0 Å². The number of anilines is 1. The third kappa shape index (κ3) is 3.15. The van der Waals surface area contributed by atoms with Gasteiger partial charge in [-0.1, -0.05) is 12.0 Å². The van der Waals surface area contributed by atoms with Gasteiger partial charge in [0.2, 0.25) is 0 Å². The summed E-state index contributed by atoms with van der Waals surface area (Å²) >= 11 is 0. The van der Waals surface area contributed by atoms with E-state index >= 15 is 0 Å². The number of nitrogens with zero attached hydrogens (tertiary/aromatic N) is 1. The number of hydrogen-bond donors (Lipinski definition) is 2. The first-order valence-electron chi connectivity index (χ1n) is 4.08. The number of aromatic nitrogens is 1. The zero-order valence-electron chi connectivity index (χ0n) is 7.47. The lowest BCUT2D eigenvalue weighted by Crippen LogP contribution is -2.21. The Morgan fingerprint density at radius 2 is 2.50 bits per heavy atom. The van der Waals surface area contributed by atoms with E-state index in [-0.39, 0.29) is 6.42 Å². The molecule has 1 aromatic heterocycles. The van der Waals surface area contributed by atoms with Gasteiger partial charge in [-0.25, -0.2) is 4.98 Å². The molecule has 0 fully saturated rings. The summed E-state index contributed by atoms with van der Waals surface area (Å²) in [6.07, 6.45) is 6.66. The maximum Gasteiger partial charge on any atom is 0.306 e. The van der Waals surface area contributed by atoms with Crippen LogP contribution in [-0.2, 0) is 4.79 Å². The third-order valence-electron chi connectivity index (χ3n) is 1.57. The average molecular weight is 190 g/mol. The number of carboxylic acid groups (broad SMARTS) is 1. The van der Waals surface area contributed by atoms with Crippen molar-refractivity contribution in [2.24, 2.45) is 0 Å². The Labute approximate surface area is 82.0 Å². The first-order valence-corrected chi connectivity index (χ1v) is 4.08. The van der Waals surface area contributed by atoms with Gasteiger partial charge in [-0.05, 0) is 12.1 Å². The Morgan fingerprint density at radius 1 is 1.71 bits per heavy atom. The van der Waals surface area contributed by atoms with Gasteiger partial charge in [-0.15, -0.1) is 6.42 Å². The molecule has 0 saturated carbocycles. The van der Waals surface area contributed by atoms with E-state index in [0.717, 1.165) is 0 Å². The molecule has 0 amide bonds. The molecular formula is C10H10N2O2. The number of pyridine rings is 1. The van der Waals surface area contributed by atoms with Crippen molar-refractivity contribution in [1.82, 2.24) is 4.98 Å². The SMILES string of the molecule is C#C[C@H](CC(=O)O)Nc1ccccn1. The molecule has 0 aliphatic heterocycles. The fourth-order valence-corrected chi connectivity index (χ4v) is 0.953. The van der Waals surface area contributed by atoms with Crippen LogP contribution in [-0.4, -0.2) is 22.1 Å². The first-order chi connectivity index (χ1) is 6.72. The van der Waals surface area contributed by atoms with Gasteiger partial charge < -0.3 is 10.4 Å². The van der Waals surface area contributed by atoms with Gasteiger partial charge >= 0.3 is 5.97 Å². The molecule has 1 rings (SSSR count). The van der Waals surface area contributed by atoms with Crippen molar-refractivity contribution in [2.45, 2.75) is 12.5 Å². The number of hydrogen-bond acceptors (Lipinski definition) is 3.